The third kappa shape index (κ3) is 4.19. The van der Waals surface area contributed by atoms with E-state index in [1.807, 2.05) is 6.07 Å². The van der Waals surface area contributed by atoms with E-state index in [1.165, 1.54) is 6.07 Å². The maximum Gasteiger partial charge on any atom is 0.272 e. The molecule has 0 radical (unpaired) electrons. The van der Waals surface area contributed by atoms with E-state index in [2.05, 4.69) is 10.5 Å². The number of benzene rings is 2. The van der Waals surface area contributed by atoms with Crippen LogP contribution in [0.15, 0.2) is 41.5 Å². The van der Waals surface area contributed by atoms with Crippen LogP contribution in [0.1, 0.15) is 22.8 Å². The largest absolute Gasteiger partial charge is 0.493 e. The van der Waals surface area contributed by atoms with Crippen LogP contribution in [-0.4, -0.2) is 25.8 Å². The Balaban J connectivity index is 2.18. The maximum atomic E-state index is 12.1. The Hall–Kier alpha value is -2.24. The molecule has 0 aromatic heterocycles. The molecule has 0 heterocycles. The molecule has 126 valence electrons. The van der Waals surface area contributed by atoms with Crippen molar-refractivity contribution in [1.29, 1.82) is 0 Å². The molecule has 0 fully saturated rings. The number of halogens is 2. The number of hydrogen-bond donors (Lipinski definition) is 1. The number of rotatable bonds is 5. The molecular formula is C17H16Cl2N2O3. The molecule has 0 saturated heterocycles. The van der Waals surface area contributed by atoms with Crippen molar-refractivity contribution in [3.8, 4) is 11.5 Å². The topological polar surface area (TPSA) is 59.9 Å². The van der Waals surface area contributed by atoms with E-state index in [0.29, 0.717) is 27.8 Å². The van der Waals surface area contributed by atoms with E-state index in [4.69, 9.17) is 32.7 Å². The van der Waals surface area contributed by atoms with Crippen LogP contribution in [0.5, 0.6) is 11.5 Å². The molecule has 0 spiro atoms. The molecule has 0 unspecified atom stereocenters. The second-order valence-corrected chi connectivity index (χ2v) is 5.68. The minimum absolute atomic E-state index is 0.263. The van der Waals surface area contributed by atoms with Crippen molar-refractivity contribution in [3.05, 3.63) is 57.6 Å². The number of hydrazone groups is 1. The van der Waals surface area contributed by atoms with Crippen LogP contribution in [0, 0.1) is 0 Å². The van der Waals surface area contributed by atoms with Gasteiger partial charge in [-0.25, -0.2) is 5.43 Å². The summed E-state index contributed by atoms with van der Waals surface area (Å²) in [6.45, 7) is 1.77. The Morgan fingerprint density at radius 2 is 1.75 bits per heavy atom. The first-order chi connectivity index (χ1) is 11.5. The number of ether oxygens (including phenoxy) is 2. The number of methoxy groups -OCH3 is 2. The zero-order valence-corrected chi connectivity index (χ0v) is 14.9. The van der Waals surface area contributed by atoms with Crippen molar-refractivity contribution in [3.63, 3.8) is 0 Å². The zero-order valence-electron chi connectivity index (χ0n) is 13.4. The summed E-state index contributed by atoms with van der Waals surface area (Å²) < 4.78 is 10.4. The number of carbonyl (C=O) groups is 1. The molecule has 2 aromatic carbocycles. The number of hydrogen-bond acceptors (Lipinski definition) is 4. The highest BCUT2D eigenvalue weighted by Gasteiger charge is 2.11. The van der Waals surface area contributed by atoms with Crippen molar-refractivity contribution in [1.82, 2.24) is 5.43 Å². The molecule has 24 heavy (non-hydrogen) atoms. The van der Waals surface area contributed by atoms with Gasteiger partial charge in [0.1, 0.15) is 0 Å². The van der Waals surface area contributed by atoms with Gasteiger partial charge in [0.05, 0.1) is 30.5 Å². The van der Waals surface area contributed by atoms with E-state index >= 15 is 0 Å². The van der Waals surface area contributed by atoms with E-state index in [9.17, 15) is 4.79 Å². The van der Waals surface area contributed by atoms with E-state index in [1.54, 1.807) is 45.4 Å². The lowest BCUT2D eigenvalue weighted by atomic mass is 10.1. The molecule has 1 amide bonds. The fourth-order valence-electron chi connectivity index (χ4n) is 1.99. The van der Waals surface area contributed by atoms with Crippen molar-refractivity contribution >= 4 is 34.8 Å². The van der Waals surface area contributed by atoms with Crippen molar-refractivity contribution in [2.45, 2.75) is 6.92 Å². The maximum absolute atomic E-state index is 12.1. The van der Waals surface area contributed by atoms with Gasteiger partial charge < -0.3 is 9.47 Å². The summed E-state index contributed by atoms with van der Waals surface area (Å²) in [6, 6.07) is 10.0. The second kappa shape index (κ2) is 8.04. The third-order valence-electron chi connectivity index (χ3n) is 3.30. The average molecular weight is 367 g/mol. The lowest BCUT2D eigenvalue weighted by molar-refractivity contribution is 0.0955. The SMILES string of the molecule is COc1ccc(/C(C)=N\NC(=O)c2ccc(Cl)cc2Cl)cc1OC. The molecule has 0 aliphatic carbocycles. The lowest BCUT2D eigenvalue weighted by Crippen LogP contribution is -2.19. The predicted octanol–water partition coefficient (Wildman–Crippen LogP) is 4.16. The van der Waals surface area contributed by atoms with Crippen molar-refractivity contribution in [2.24, 2.45) is 5.10 Å². The molecule has 2 aromatic rings. The Labute approximate surface area is 150 Å². The van der Waals surface area contributed by atoms with Gasteiger partial charge in [0.15, 0.2) is 11.5 Å². The number of carbonyl (C=O) groups excluding carboxylic acids is 1. The van der Waals surface area contributed by atoms with E-state index < -0.39 is 5.91 Å². The first-order valence-corrected chi connectivity index (χ1v) is 7.74. The molecule has 0 saturated carbocycles. The predicted molar refractivity (Wildman–Crippen MR) is 95.7 cm³/mol. The highest BCUT2D eigenvalue weighted by Crippen LogP contribution is 2.27. The fourth-order valence-corrected chi connectivity index (χ4v) is 2.49. The summed E-state index contributed by atoms with van der Waals surface area (Å²) in [5.74, 6) is 0.777. The van der Waals surface area contributed by atoms with Crippen LogP contribution in [0.2, 0.25) is 10.0 Å². The van der Waals surface area contributed by atoms with E-state index in [-0.39, 0.29) is 5.02 Å². The van der Waals surface area contributed by atoms with Crippen LogP contribution in [0.3, 0.4) is 0 Å². The molecule has 0 aliphatic heterocycles. The summed E-state index contributed by atoms with van der Waals surface area (Å²) in [7, 11) is 3.12. The molecule has 0 aliphatic rings. The van der Waals surface area contributed by atoms with Crippen LogP contribution in [0.4, 0.5) is 0 Å². The highest BCUT2D eigenvalue weighted by molar-refractivity contribution is 6.36. The van der Waals surface area contributed by atoms with Gasteiger partial charge in [0, 0.05) is 10.6 Å². The van der Waals surface area contributed by atoms with Gasteiger partial charge >= 0.3 is 0 Å². The second-order valence-electron chi connectivity index (χ2n) is 4.83. The Morgan fingerprint density at radius 3 is 2.38 bits per heavy atom. The third-order valence-corrected chi connectivity index (χ3v) is 3.85. The number of nitrogens with zero attached hydrogens (tertiary/aromatic N) is 1. The van der Waals surface area contributed by atoms with Crippen LogP contribution in [-0.2, 0) is 0 Å². The van der Waals surface area contributed by atoms with Crippen molar-refractivity contribution in [2.75, 3.05) is 14.2 Å². The van der Waals surface area contributed by atoms with Crippen LogP contribution in [0.25, 0.3) is 0 Å². The van der Waals surface area contributed by atoms with Gasteiger partial charge in [0.25, 0.3) is 5.91 Å². The molecular weight excluding hydrogens is 351 g/mol. The van der Waals surface area contributed by atoms with Gasteiger partial charge in [-0.1, -0.05) is 23.2 Å². The molecule has 2 rings (SSSR count). The monoisotopic (exact) mass is 366 g/mol. The normalized spacial score (nSPS) is 11.1. The minimum Gasteiger partial charge on any atom is -0.493 e. The minimum atomic E-state index is -0.420. The molecule has 1 N–H and O–H groups in total. The average Bonchev–Trinajstić information content (AvgIpc) is 2.58. The lowest BCUT2D eigenvalue weighted by Gasteiger charge is -2.09. The van der Waals surface area contributed by atoms with Crippen LogP contribution < -0.4 is 14.9 Å². The zero-order chi connectivity index (χ0) is 17.7. The molecule has 0 bridgehead atoms. The Bertz CT molecular complexity index is 791. The van der Waals surface area contributed by atoms with E-state index in [0.717, 1.165) is 5.56 Å². The Kier molecular flexibility index (Phi) is 6.06. The van der Waals surface area contributed by atoms with Crippen LogP contribution >= 0.6 is 23.2 Å². The number of amides is 1. The van der Waals surface area contributed by atoms with Crippen molar-refractivity contribution < 1.29 is 14.3 Å². The quantitative estimate of drug-likeness (QED) is 0.638. The summed E-state index contributed by atoms with van der Waals surface area (Å²) in [5, 5.41) is 4.82. The Morgan fingerprint density at radius 1 is 1.04 bits per heavy atom. The first-order valence-electron chi connectivity index (χ1n) is 6.98. The van der Waals surface area contributed by atoms with Gasteiger partial charge in [-0.3, -0.25) is 4.79 Å². The summed E-state index contributed by atoms with van der Waals surface area (Å²) >= 11 is 11.8. The molecule has 0 atom stereocenters. The first kappa shape index (κ1) is 18.1. The highest BCUT2D eigenvalue weighted by atomic mass is 35.5. The summed E-state index contributed by atoms with van der Waals surface area (Å²) in [6.07, 6.45) is 0. The summed E-state index contributed by atoms with van der Waals surface area (Å²) in [4.78, 5) is 12.1. The molecule has 5 nitrogen and oxygen atoms in total. The molecule has 7 heteroatoms. The standard InChI is InChI=1S/C17H16Cl2N2O3/c1-10(11-4-7-15(23-2)16(8-11)24-3)20-21-17(22)13-6-5-12(18)9-14(13)19/h4-9H,1-3H3,(H,21,22)/b20-10-. The van der Waals surface area contributed by atoms with Gasteiger partial charge in [-0.2, -0.15) is 5.10 Å². The van der Waals surface area contributed by atoms with Gasteiger partial charge in [-0.15, -0.1) is 0 Å². The van der Waals surface area contributed by atoms with Gasteiger partial charge in [-0.05, 0) is 43.3 Å². The van der Waals surface area contributed by atoms with Gasteiger partial charge in [0.2, 0.25) is 0 Å². The smallest absolute Gasteiger partial charge is 0.272 e. The number of nitrogens with one attached hydrogen (secondary N) is 1. The summed E-state index contributed by atoms with van der Waals surface area (Å²) in [5.41, 5.74) is 4.16. The fraction of sp³-hybridized carbons (Fsp3) is 0.176.